The molecule has 3 aromatic carbocycles. The number of rotatable bonds is 13. The molecule has 0 aliphatic carbocycles. The van der Waals surface area contributed by atoms with Gasteiger partial charge < -0.3 is 10.1 Å². The quantitative estimate of drug-likeness (QED) is 0.225. The predicted octanol–water partition coefficient (Wildman–Crippen LogP) is 7.16. The second-order valence-corrected chi connectivity index (χ2v) is 8.21. The number of hydrogen-bond acceptors (Lipinski definition) is 3. The van der Waals surface area contributed by atoms with Gasteiger partial charge in [0.15, 0.2) is 0 Å². The van der Waals surface area contributed by atoms with Gasteiger partial charge >= 0.3 is 0 Å². The molecule has 4 nitrogen and oxygen atoms in total. The Hall–Kier alpha value is -3.11. The molecule has 0 atom stereocenters. The third-order valence-electron chi connectivity index (χ3n) is 5.49. The summed E-state index contributed by atoms with van der Waals surface area (Å²) in [4.78, 5) is 7.40. The van der Waals surface area contributed by atoms with E-state index in [9.17, 15) is 0 Å². The largest absolute Gasteiger partial charge is 0.492 e. The minimum Gasteiger partial charge on any atom is -0.492 e. The van der Waals surface area contributed by atoms with Crippen LogP contribution in [0.15, 0.2) is 89.9 Å². The van der Waals surface area contributed by atoms with Gasteiger partial charge in [0.2, 0.25) is 0 Å². The number of benzene rings is 3. The Morgan fingerprint density at radius 3 is 1.97 bits per heavy atom. The van der Waals surface area contributed by atoms with E-state index in [0.717, 1.165) is 48.2 Å². The van der Waals surface area contributed by atoms with E-state index in [-0.39, 0.29) is 0 Å². The number of anilines is 1. The highest BCUT2D eigenvalue weighted by molar-refractivity contribution is 6.09. The van der Waals surface area contributed by atoms with Crippen molar-refractivity contribution in [3.63, 3.8) is 0 Å². The number of nitrogens with one attached hydrogen (secondary N) is 1. The summed E-state index contributed by atoms with van der Waals surface area (Å²) in [5, 5.41) is 3.45. The molecule has 3 rings (SSSR count). The zero-order valence-electron chi connectivity index (χ0n) is 20.0. The minimum atomic E-state index is 0.709. The van der Waals surface area contributed by atoms with Crippen LogP contribution < -0.4 is 10.1 Å². The van der Waals surface area contributed by atoms with Gasteiger partial charge in [0.05, 0.1) is 5.69 Å². The summed E-state index contributed by atoms with van der Waals surface area (Å²) in [6.07, 6.45) is 4.96. The zero-order valence-corrected chi connectivity index (χ0v) is 20.0. The Balaban J connectivity index is 1.63. The number of nitrogens with zero attached hydrogens (tertiary/aromatic N) is 2. The molecule has 0 unspecified atom stereocenters. The van der Waals surface area contributed by atoms with E-state index in [0.29, 0.717) is 6.61 Å². The number of unbranched alkanes of at least 4 members (excludes halogenated alkanes) is 2. The Labute approximate surface area is 199 Å². The molecule has 4 heteroatoms. The first-order valence-corrected chi connectivity index (χ1v) is 12.2. The molecule has 0 aromatic heterocycles. The van der Waals surface area contributed by atoms with Crippen molar-refractivity contribution in [1.29, 1.82) is 0 Å². The Bertz CT molecular complexity index is 932. The molecule has 0 amide bonds. The van der Waals surface area contributed by atoms with Crippen LogP contribution in [0.25, 0.3) is 0 Å². The highest BCUT2D eigenvalue weighted by atomic mass is 16.5. The van der Waals surface area contributed by atoms with Crippen LogP contribution in [0.5, 0.6) is 5.75 Å². The van der Waals surface area contributed by atoms with Gasteiger partial charge in [0.1, 0.15) is 18.2 Å². The van der Waals surface area contributed by atoms with Crippen LogP contribution in [0, 0.1) is 0 Å². The molecule has 0 heterocycles. The first kappa shape index (κ1) is 24.5. The van der Waals surface area contributed by atoms with Gasteiger partial charge in [0, 0.05) is 17.8 Å². The lowest BCUT2D eigenvalue weighted by atomic mass is 10.2. The first-order valence-electron chi connectivity index (χ1n) is 12.2. The number of para-hydroxylation sites is 1. The van der Waals surface area contributed by atoms with Crippen LogP contribution in [0.2, 0.25) is 0 Å². The summed E-state index contributed by atoms with van der Waals surface area (Å²) in [6, 6.07) is 28.4. The van der Waals surface area contributed by atoms with Gasteiger partial charge in [-0.15, -0.1) is 0 Å². The number of hydrogen-bond donors (Lipinski definition) is 1. The number of aliphatic imine (C=N–C) groups is 1. The van der Waals surface area contributed by atoms with Crippen LogP contribution in [0.1, 0.15) is 45.1 Å². The maximum atomic E-state index is 6.03. The highest BCUT2D eigenvalue weighted by Gasteiger charge is 2.06. The maximum Gasteiger partial charge on any atom is 0.138 e. The Morgan fingerprint density at radius 1 is 0.758 bits per heavy atom. The topological polar surface area (TPSA) is 36.9 Å². The molecule has 0 spiro atoms. The van der Waals surface area contributed by atoms with Gasteiger partial charge in [-0.25, -0.2) is 4.99 Å². The Morgan fingerprint density at radius 2 is 1.36 bits per heavy atom. The fourth-order valence-electron chi connectivity index (χ4n) is 3.56. The second-order valence-electron chi connectivity index (χ2n) is 8.21. The van der Waals surface area contributed by atoms with Crippen molar-refractivity contribution in [3.8, 4) is 5.75 Å². The summed E-state index contributed by atoms with van der Waals surface area (Å²) in [7, 11) is 0. The lowest BCUT2D eigenvalue weighted by molar-refractivity contribution is 0.204. The van der Waals surface area contributed by atoms with Gasteiger partial charge in [0.25, 0.3) is 0 Å². The van der Waals surface area contributed by atoms with Gasteiger partial charge in [-0.2, -0.15) is 0 Å². The van der Waals surface area contributed by atoms with Crippen LogP contribution >= 0.6 is 0 Å². The molecular formula is C29H37N3O. The van der Waals surface area contributed by atoms with E-state index in [1.807, 2.05) is 72.8 Å². The van der Waals surface area contributed by atoms with Crippen molar-refractivity contribution in [2.45, 2.75) is 39.5 Å². The molecule has 33 heavy (non-hydrogen) atoms. The predicted molar refractivity (Wildman–Crippen MR) is 141 cm³/mol. The van der Waals surface area contributed by atoms with Crippen LogP contribution in [-0.4, -0.2) is 37.0 Å². The van der Waals surface area contributed by atoms with Crippen molar-refractivity contribution < 1.29 is 4.74 Å². The third-order valence-corrected chi connectivity index (χ3v) is 5.49. The third kappa shape index (κ3) is 8.74. The maximum absolute atomic E-state index is 6.03. The van der Waals surface area contributed by atoms with E-state index in [2.05, 4.69) is 36.2 Å². The summed E-state index contributed by atoms with van der Waals surface area (Å²) >= 11 is 0. The monoisotopic (exact) mass is 443 g/mol. The summed E-state index contributed by atoms with van der Waals surface area (Å²) in [6.45, 7) is 8.49. The molecule has 0 aliphatic rings. The Kier molecular flexibility index (Phi) is 10.5. The highest BCUT2D eigenvalue weighted by Crippen LogP contribution is 2.20. The summed E-state index contributed by atoms with van der Waals surface area (Å²) < 4.78 is 6.03. The second kappa shape index (κ2) is 14.1. The van der Waals surface area contributed by atoms with Crippen molar-refractivity contribution in [3.05, 3.63) is 90.5 Å². The fraction of sp³-hybridized carbons (Fsp3) is 0.345. The van der Waals surface area contributed by atoms with E-state index in [4.69, 9.17) is 9.73 Å². The molecule has 3 aromatic rings. The van der Waals surface area contributed by atoms with Crippen molar-refractivity contribution in [2.75, 3.05) is 31.6 Å². The van der Waals surface area contributed by atoms with E-state index in [1.165, 1.54) is 25.7 Å². The SMILES string of the molecule is CCCCN(CCCC)CCOc1ccc(N=C(Nc2ccccc2)c2ccccc2)cc1. The normalized spacial score (nSPS) is 11.5. The molecule has 0 bridgehead atoms. The van der Waals surface area contributed by atoms with Gasteiger partial charge in [-0.1, -0.05) is 75.2 Å². The van der Waals surface area contributed by atoms with Crippen molar-refractivity contribution >= 4 is 17.2 Å². The van der Waals surface area contributed by atoms with Crippen LogP contribution in [0.4, 0.5) is 11.4 Å². The average Bonchev–Trinajstić information content (AvgIpc) is 2.87. The standard InChI is InChI=1S/C29H37N3O/c1-3-5-21-32(22-6-4-2)23-24-33-28-19-17-27(18-20-28)31-29(25-13-9-7-10-14-25)30-26-15-11-8-12-16-26/h7-20H,3-6,21-24H2,1-2H3,(H,30,31). The molecular weight excluding hydrogens is 406 g/mol. The van der Waals surface area contributed by atoms with Crippen molar-refractivity contribution in [2.24, 2.45) is 4.99 Å². The number of amidine groups is 1. The minimum absolute atomic E-state index is 0.709. The molecule has 0 fully saturated rings. The smallest absolute Gasteiger partial charge is 0.138 e. The lowest BCUT2D eigenvalue weighted by Crippen LogP contribution is -2.30. The average molecular weight is 444 g/mol. The first-order chi connectivity index (χ1) is 16.3. The van der Waals surface area contributed by atoms with E-state index < -0.39 is 0 Å². The van der Waals surface area contributed by atoms with Gasteiger partial charge in [-0.3, -0.25) is 4.90 Å². The van der Waals surface area contributed by atoms with Crippen LogP contribution in [0.3, 0.4) is 0 Å². The molecule has 0 radical (unpaired) electrons. The summed E-state index contributed by atoms with van der Waals surface area (Å²) in [5.41, 5.74) is 2.94. The molecule has 1 N–H and O–H groups in total. The molecule has 174 valence electrons. The lowest BCUT2D eigenvalue weighted by Gasteiger charge is -2.22. The zero-order chi connectivity index (χ0) is 23.1. The molecule has 0 saturated heterocycles. The van der Waals surface area contributed by atoms with Gasteiger partial charge in [-0.05, 0) is 62.3 Å². The van der Waals surface area contributed by atoms with E-state index >= 15 is 0 Å². The number of ether oxygens (including phenoxy) is 1. The van der Waals surface area contributed by atoms with Crippen LogP contribution in [-0.2, 0) is 0 Å². The van der Waals surface area contributed by atoms with E-state index in [1.54, 1.807) is 0 Å². The fourth-order valence-corrected chi connectivity index (χ4v) is 3.56. The summed E-state index contributed by atoms with van der Waals surface area (Å²) in [5.74, 6) is 1.70. The van der Waals surface area contributed by atoms with Crippen molar-refractivity contribution in [1.82, 2.24) is 4.90 Å². The molecule has 0 aliphatic heterocycles. The molecule has 0 saturated carbocycles.